The van der Waals surface area contributed by atoms with Crippen molar-refractivity contribution in [3.8, 4) is 0 Å². The van der Waals surface area contributed by atoms with E-state index in [0.717, 1.165) is 18.5 Å². The van der Waals surface area contributed by atoms with Crippen LogP contribution in [-0.2, 0) is 24.6 Å². The average Bonchev–Trinajstić information content (AvgIpc) is 3.29. The summed E-state index contributed by atoms with van der Waals surface area (Å²) in [4.78, 5) is 34.7. The molecule has 438 valence electrons. The summed E-state index contributed by atoms with van der Waals surface area (Å²) in [5.74, 6) is -0.906. The van der Waals surface area contributed by atoms with Crippen LogP contribution in [-0.4, -0.2) is 113 Å². The molecule has 0 N–H and O–H groups in total. The molecule has 74 heavy (non-hydrogen) atoms. The number of alkyl halides is 19. The molecule has 2 amide bonds. The van der Waals surface area contributed by atoms with Crippen molar-refractivity contribution in [3.63, 3.8) is 0 Å². The van der Waals surface area contributed by atoms with Gasteiger partial charge in [0.2, 0.25) is 33.5 Å². The normalized spacial score (nSPS) is 10.8. The predicted molar refractivity (Wildman–Crippen MR) is 233 cm³/mol. The van der Waals surface area contributed by atoms with E-state index in [0.29, 0.717) is 30.9 Å². The van der Waals surface area contributed by atoms with Crippen molar-refractivity contribution in [2.45, 2.75) is 82.2 Å². The quantitative estimate of drug-likeness (QED) is 0.0680. The molecule has 34 heteroatoms. The second kappa shape index (κ2) is 49.3. The van der Waals surface area contributed by atoms with Crippen LogP contribution in [0.5, 0.6) is 0 Å². The van der Waals surface area contributed by atoms with Crippen LogP contribution in [0.15, 0.2) is 85.2 Å². The predicted octanol–water partition coefficient (Wildman–Crippen LogP) is 17.0. The van der Waals surface area contributed by atoms with E-state index in [1.807, 2.05) is 17.5 Å². The summed E-state index contributed by atoms with van der Waals surface area (Å²) in [5.41, 5.74) is 5.10. The number of anilines is 2. The summed E-state index contributed by atoms with van der Waals surface area (Å²) in [6.07, 6.45) is -19.5. The van der Waals surface area contributed by atoms with E-state index >= 15 is 0 Å². The number of para-hydroxylation sites is 2. The van der Waals surface area contributed by atoms with Crippen molar-refractivity contribution in [1.29, 1.82) is 0 Å². The standard InChI is InChI=1S/C16H22F3NOSi.C14H20FNOSi.2C2H2F4O.C2H2F4.2CH2F2O.2CH2F2/c1-4-22(2,3)12-8-11-20(14-9-6-5-7-10-14)15(21)13-16(17,18)19;1-4-18(2,3)12-8-11-16(14(15)17)13-9-6-5-7-10-13;2*3-2(4,5)1-7-6;3-1-2(4,5)6;2*2-1-4-3;2*2-1-3/h4-7,9-10H,1,8,11-13H2,2-3H3;4-7,9-10H,1,8,11-12H2,2-3H3;2*1H2;1H2;2*1H2;2*1H2. The van der Waals surface area contributed by atoms with E-state index in [9.17, 15) is 116 Å². The molecular formula is C40H56F24N2O6Si2. The van der Waals surface area contributed by atoms with E-state index in [1.54, 1.807) is 54.6 Å². The van der Waals surface area contributed by atoms with E-state index < -0.39 is 107 Å². The lowest BCUT2D eigenvalue weighted by atomic mass is 10.2. The largest absolute Gasteiger partial charge is 0.416 e. The minimum atomic E-state index is -4.62. The molecule has 0 aliphatic rings. The maximum atomic E-state index is 13.0. The van der Waals surface area contributed by atoms with Crippen LogP contribution >= 0.6 is 0 Å². The smallest absolute Gasteiger partial charge is 0.312 e. The Hall–Kier alpha value is -4.55. The number of hydrogen-bond donors (Lipinski definition) is 0. The minimum absolute atomic E-state index is 0.295. The Bertz CT molecular complexity index is 1560. The molecule has 0 radical (unpaired) electrons. The van der Waals surface area contributed by atoms with Gasteiger partial charge in [-0.25, -0.2) is 35.5 Å². The molecule has 0 aliphatic heterocycles. The first-order chi connectivity index (χ1) is 33.9. The summed E-state index contributed by atoms with van der Waals surface area (Å²) in [6.45, 7) is 4.98. The van der Waals surface area contributed by atoms with Gasteiger partial charge in [-0.2, -0.15) is 72.5 Å². The van der Waals surface area contributed by atoms with Gasteiger partial charge in [0.25, 0.3) is 0 Å². The number of amides is 2. The summed E-state index contributed by atoms with van der Waals surface area (Å²) in [6, 6.07) is 19.3. The molecule has 0 aliphatic carbocycles. The van der Waals surface area contributed by atoms with Crippen molar-refractivity contribution in [2.24, 2.45) is 0 Å². The molecule has 0 bridgehead atoms. The molecule has 0 aromatic heterocycles. The molecular weight excluding hydrogens is 1120 g/mol. The van der Waals surface area contributed by atoms with E-state index in [1.165, 1.54) is 9.80 Å². The zero-order valence-corrected chi connectivity index (χ0v) is 41.7. The Kier molecular flexibility index (Phi) is 55.6. The highest BCUT2D eigenvalue weighted by Gasteiger charge is 2.34. The van der Waals surface area contributed by atoms with Gasteiger partial charge >= 0.3 is 30.9 Å². The highest BCUT2D eigenvalue weighted by Crippen LogP contribution is 2.25. The van der Waals surface area contributed by atoms with Gasteiger partial charge in [-0.15, -0.1) is 28.9 Å². The first-order valence-electron chi connectivity index (χ1n) is 19.7. The fourth-order valence-corrected chi connectivity index (χ4v) is 6.46. The van der Waals surface area contributed by atoms with Gasteiger partial charge in [0.1, 0.15) is 6.42 Å². The first-order valence-corrected chi connectivity index (χ1v) is 26.3. The third-order valence-corrected chi connectivity index (χ3v) is 12.7. The van der Waals surface area contributed by atoms with Gasteiger partial charge in [0.15, 0.2) is 19.9 Å². The molecule has 2 aromatic rings. The number of halogens is 24. The molecule has 0 saturated heterocycles. The van der Waals surface area contributed by atoms with E-state index in [4.69, 9.17) is 0 Å². The maximum Gasteiger partial charge on any atom is 0.416 e. The first kappa shape index (κ1) is 83.4. The van der Waals surface area contributed by atoms with Crippen LogP contribution in [0.25, 0.3) is 0 Å². The van der Waals surface area contributed by atoms with Gasteiger partial charge in [0, 0.05) is 24.5 Å². The lowest BCUT2D eigenvalue weighted by Gasteiger charge is -2.25. The molecule has 0 saturated carbocycles. The topological polar surface area (TPSA) is 77.5 Å². The Morgan fingerprint density at radius 2 is 0.784 bits per heavy atom. The summed E-state index contributed by atoms with van der Waals surface area (Å²) in [5, 5.41) is 0. The molecule has 2 rings (SSSR count). The van der Waals surface area contributed by atoms with Crippen molar-refractivity contribution in [3.05, 3.63) is 85.2 Å². The van der Waals surface area contributed by atoms with Crippen LogP contribution in [0.3, 0.4) is 0 Å². The number of carbonyl (C=O) groups is 2. The zero-order valence-electron chi connectivity index (χ0n) is 39.7. The van der Waals surface area contributed by atoms with Gasteiger partial charge in [-0.1, -0.05) is 74.7 Å². The Morgan fingerprint density at radius 1 is 0.514 bits per heavy atom. The number of carbonyl (C=O) groups excluding carboxylic acids is 2. The second-order valence-corrected chi connectivity index (χ2v) is 23.9. The van der Waals surface area contributed by atoms with Gasteiger partial charge in [0.05, 0.1) is 16.1 Å². The highest BCUT2D eigenvalue weighted by molar-refractivity contribution is 6.82. The third-order valence-electron chi connectivity index (χ3n) is 7.18. The number of rotatable bonds is 17. The van der Waals surface area contributed by atoms with Crippen LogP contribution < -0.4 is 9.80 Å². The van der Waals surface area contributed by atoms with Gasteiger partial charge in [-0.3, -0.25) is 9.69 Å². The molecule has 0 heterocycles. The number of nitrogens with zero attached hydrogens (tertiary/aromatic N) is 2. The molecule has 2 aromatic carbocycles. The van der Waals surface area contributed by atoms with Crippen molar-refractivity contribution in [1.82, 2.24) is 0 Å². The molecule has 0 spiro atoms. The zero-order chi connectivity index (χ0) is 59.7. The van der Waals surface area contributed by atoms with Crippen LogP contribution in [0, 0.1) is 0 Å². The molecule has 0 unspecified atom stereocenters. The van der Waals surface area contributed by atoms with Crippen LogP contribution in [0.2, 0.25) is 38.3 Å². The van der Waals surface area contributed by atoms with Gasteiger partial charge in [-0.05, 0) is 55.2 Å². The minimum Gasteiger partial charge on any atom is -0.312 e. The highest BCUT2D eigenvalue weighted by atomic mass is 28.3. The second-order valence-electron chi connectivity index (χ2n) is 14.1. The van der Waals surface area contributed by atoms with Crippen LogP contribution in [0.4, 0.5) is 122 Å². The maximum absolute atomic E-state index is 13.0. The van der Waals surface area contributed by atoms with E-state index in [-0.39, 0.29) is 0 Å². The van der Waals surface area contributed by atoms with E-state index in [2.05, 4.69) is 59.1 Å². The Labute approximate surface area is 412 Å². The van der Waals surface area contributed by atoms with Crippen molar-refractivity contribution in [2.75, 3.05) is 70.4 Å². The fourth-order valence-electron chi connectivity index (χ4n) is 3.91. The Balaban J connectivity index is -0.000000153. The summed E-state index contributed by atoms with van der Waals surface area (Å²) in [7, 11) is -2.90. The monoisotopic (exact) mass is 1170 g/mol. The van der Waals surface area contributed by atoms with Gasteiger partial charge < -0.3 is 4.90 Å². The van der Waals surface area contributed by atoms with Crippen LogP contribution in [0.1, 0.15) is 19.3 Å². The van der Waals surface area contributed by atoms with Crippen molar-refractivity contribution < 1.29 is 135 Å². The third kappa shape index (κ3) is 69.5. The fraction of sp³-hybridized carbons (Fsp3) is 0.550. The lowest BCUT2D eigenvalue weighted by molar-refractivity contribution is -0.245. The SMILES string of the molecule is C=C[Si](C)(C)CCCN(C(=O)CC(F)(F)F)c1ccccc1.C=C[Si](C)(C)CCCN(C(=O)F)c1ccccc1.FCC(F)(F)F.FCF.FCF.FCOF.FCOF.FOCC(F)(F)F.FOCC(F)(F)F. The summed E-state index contributed by atoms with van der Waals surface area (Å²) < 4.78 is 255. The Morgan fingerprint density at radius 3 is 0.973 bits per heavy atom. The molecule has 8 nitrogen and oxygen atoms in total. The molecule has 0 fully saturated rings. The lowest BCUT2D eigenvalue weighted by Crippen LogP contribution is -2.36. The number of benzene rings is 2. The van der Waals surface area contributed by atoms with Crippen molar-refractivity contribution >= 4 is 39.6 Å². The summed E-state index contributed by atoms with van der Waals surface area (Å²) >= 11 is 0. The molecule has 0 atom stereocenters. The average molecular weight is 1170 g/mol. The number of hydrogen-bond acceptors (Lipinski definition) is 6.